The second-order valence-electron chi connectivity index (χ2n) is 8.03. The minimum atomic E-state index is -0.305. The van der Waals surface area contributed by atoms with Crippen LogP contribution >= 0.6 is 0 Å². The van der Waals surface area contributed by atoms with Gasteiger partial charge in [-0.3, -0.25) is 9.78 Å². The molecule has 3 aromatic rings. The Morgan fingerprint density at radius 1 is 1.06 bits per heavy atom. The van der Waals surface area contributed by atoms with E-state index in [4.69, 9.17) is 4.74 Å². The van der Waals surface area contributed by atoms with Crippen molar-refractivity contribution >= 4 is 11.6 Å². The first-order chi connectivity index (χ1) is 15.2. The highest BCUT2D eigenvalue weighted by Gasteiger charge is 2.29. The predicted octanol–water partition coefficient (Wildman–Crippen LogP) is 4.22. The highest BCUT2D eigenvalue weighted by Crippen LogP contribution is 2.40. The predicted molar refractivity (Wildman–Crippen MR) is 118 cm³/mol. The normalized spacial score (nSPS) is 17.3. The zero-order valence-electron chi connectivity index (χ0n) is 17.2. The number of nitrogens with zero attached hydrogens (tertiary/aromatic N) is 2. The van der Waals surface area contributed by atoms with E-state index in [1.165, 1.54) is 18.9 Å². The van der Waals surface area contributed by atoms with Gasteiger partial charge in [0, 0.05) is 54.3 Å². The maximum atomic E-state index is 14.4. The Balaban J connectivity index is 1.24. The molecule has 1 aromatic heterocycles. The van der Waals surface area contributed by atoms with Gasteiger partial charge < -0.3 is 15.0 Å². The SMILES string of the molecule is O=C(NCC1Cc2c(F)ccc(-c3ccncc3)c2O1)c1ccc(N2CCCC2)cc1. The minimum Gasteiger partial charge on any atom is -0.487 e. The third kappa shape index (κ3) is 3.98. The van der Waals surface area contributed by atoms with Crippen molar-refractivity contribution in [1.82, 2.24) is 10.3 Å². The number of fused-ring (bicyclic) bond motifs is 1. The molecule has 3 heterocycles. The highest BCUT2D eigenvalue weighted by atomic mass is 19.1. The Hall–Kier alpha value is -3.41. The summed E-state index contributed by atoms with van der Waals surface area (Å²) in [6, 6.07) is 14.7. The van der Waals surface area contributed by atoms with E-state index in [0.717, 1.165) is 29.9 Å². The van der Waals surface area contributed by atoms with Gasteiger partial charge in [-0.1, -0.05) is 0 Å². The van der Waals surface area contributed by atoms with Crippen LogP contribution in [0.1, 0.15) is 28.8 Å². The lowest BCUT2D eigenvalue weighted by Crippen LogP contribution is -2.34. The second-order valence-corrected chi connectivity index (χ2v) is 8.03. The average Bonchev–Trinajstić information content (AvgIpc) is 3.49. The zero-order chi connectivity index (χ0) is 21.2. The minimum absolute atomic E-state index is 0.151. The van der Waals surface area contributed by atoms with Crippen LogP contribution in [0.2, 0.25) is 0 Å². The van der Waals surface area contributed by atoms with Crippen LogP contribution in [0.3, 0.4) is 0 Å². The van der Waals surface area contributed by atoms with Crippen LogP contribution in [0, 0.1) is 5.82 Å². The van der Waals surface area contributed by atoms with Crippen LogP contribution < -0.4 is 15.0 Å². The number of rotatable bonds is 5. The lowest BCUT2D eigenvalue weighted by atomic mass is 10.0. The first-order valence-electron chi connectivity index (χ1n) is 10.7. The lowest BCUT2D eigenvalue weighted by Gasteiger charge is -2.18. The molecule has 0 saturated carbocycles. The fraction of sp³-hybridized carbons (Fsp3) is 0.280. The van der Waals surface area contributed by atoms with E-state index in [9.17, 15) is 9.18 Å². The first-order valence-corrected chi connectivity index (χ1v) is 10.7. The summed E-state index contributed by atoms with van der Waals surface area (Å²) in [4.78, 5) is 19.0. The van der Waals surface area contributed by atoms with Crippen molar-refractivity contribution in [3.63, 3.8) is 0 Å². The molecular weight excluding hydrogens is 393 g/mol. The van der Waals surface area contributed by atoms with Gasteiger partial charge >= 0.3 is 0 Å². The molecule has 1 saturated heterocycles. The van der Waals surface area contributed by atoms with E-state index in [-0.39, 0.29) is 17.8 Å². The van der Waals surface area contributed by atoms with Crippen molar-refractivity contribution in [2.45, 2.75) is 25.4 Å². The van der Waals surface area contributed by atoms with Gasteiger partial charge in [0.15, 0.2) is 0 Å². The van der Waals surface area contributed by atoms with Gasteiger partial charge in [0.1, 0.15) is 17.7 Å². The number of halogens is 1. The molecule has 0 radical (unpaired) electrons. The van der Waals surface area contributed by atoms with Crippen LogP contribution in [0.4, 0.5) is 10.1 Å². The van der Waals surface area contributed by atoms with Crippen molar-refractivity contribution in [3.8, 4) is 16.9 Å². The summed E-state index contributed by atoms with van der Waals surface area (Å²) in [6.07, 6.45) is 5.96. The number of carbonyl (C=O) groups excluding carboxylic acids is 1. The number of ether oxygens (including phenoxy) is 1. The molecule has 158 valence electrons. The maximum absolute atomic E-state index is 14.4. The molecule has 6 heteroatoms. The topological polar surface area (TPSA) is 54.5 Å². The number of pyridine rings is 1. The summed E-state index contributed by atoms with van der Waals surface area (Å²) in [7, 11) is 0. The van der Waals surface area contributed by atoms with Crippen molar-refractivity contribution in [1.29, 1.82) is 0 Å². The third-order valence-corrected chi connectivity index (χ3v) is 6.00. The van der Waals surface area contributed by atoms with E-state index in [1.54, 1.807) is 18.5 Å². The zero-order valence-corrected chi connectivity index (χ0v) is 17.2. The Bertz CT molecular complexity index is 1080. The summed E-state index contributed by atoms with van der Waals surface area (Å²) in [5, 5.41) is 2.93. The maximum Gasteiger partial charge on any atom is 0.251 e. The highest BCUT2D eigenvalue weighted by molar-refractivity contribution is 5.94. The summed E-state index contributed by atoms with van der Waals surface area (Å²) < 4.78 is 20.5. The number of hydrogen-bond donors (Lipinski definition) is 1. The molecule has 5 nitrogen and oxygen atoms in total. The van der Waals surface area contributed by atoms with Gasteiger partial charge in [-0.05, 0) is 66.9 Å². The third-order valence-electron chi connectivity index (χ3n) is 6.00. The quantitative estimate of drug-likeness (QED) is 0.675. The molecule has 2 aromatic carbocycles. The molecule has 1 atom stereocenters. The molecule has 0 aliphatic carbocycles. The smallest absolute Gasteiger partial charge is 0.251 e. The van der Waals surface area contributed by atoms with Gasteiger partial charge in [-0.2, -0.15) is 0 Å². The Labute approximate surface area is 180 Å². The van der Waals surface area contributed by atoms with E-state index in [1.807, 2.05) is 36.4 Å². The first kappa shape index (κ1) is 19.5. The van der Waals surface area contributed by atoms with Gasteiger partial charge in [0.2, 0.25) is 0 Å². The van der Waals surface area contributed by atoms with Gasteiger partial charge in [0.25, 0.3) is 5.91 Å². The molecule has 1 amide bonds. The van der Waals surface area contributed by atoms with Crippen LogP contribution in [0.25, 0.3) is 11.1 Å². The van der Waals surface area contributed by atoms with Crippen molar-refractivity contribution in [3.05, 3.63) is 77.9 Å². The van der Waals surface area contributed by atoms with Gasteiger partial charge in [-0.15, -0.1) is 0 Å². The second kappa shape index (κ2) is 8.38. The molecule has 2 aliphatic rings. The molecule has 0 spiro atoms. The van der Waals surface area contributed by atoms with E-state index < -0.39 is 0 Å². The Morgan fingerprint density at radius 3 is 2.55 bits per heavy atom. The number of hydrogen-bond acceptors (Lipinski definition) is 4. The average molecular weight is 417 g/mol. The van der Waals surface area contributed by atoms with Crippen LogP contribution in [0.5, 0.6) is 5.75 Å². The van der Waals surface area contributed by atoms with E-state index in [0.29, 0.717) is 29.8 Å². The number of benzene rings is 2. The lowest BCUT2D eigenvalue weighted by molar-refractivity contribution is 0.0933. The molecule has 31 heavy (non-hydrogen) atoms. The number of aromatic nitrogens is 1. The molecule has 5 rings (SSSR count). The van der Waals surface area contributed by atoms with E-state index >= 15 is 0 Å². The van der Waals surface area contributed by atoms with Crippen molar-refractivity contribution in [2.24, 2.45) is 0 Å². The molecule has 2 aliphatic heterocycles. The summed E-state index contributed by atoms with van der Waals surface area (Å²) >= 11 is 0. The van der Waals surface area contributed by atoms with Gasteiger partial charge in [-0.25, -0.2) is 4.39 Å². The van der Waals surface area contributed by atoms with Crippen LogP contribution in [-0.2, 0) is 6.42 Å². The number of anilines is 1. The molecule has 1 N–H and O–H groups in total. The van der Waals surface area contributed by atoms with Crippen LogP contribution in [0.15, 0.2) is 60.9 Å². The number of carbonyl (C=O) groups is 1. The molecule has 0 bridgehead atoms. The molecule has 1 unspecified atom stereocenters. The van der Waals surface area contributed by atoms with E-state index in [2.05, 4.69) is 15.2 Å². The van der Waals surface area contributed by atoms with Gasteiger partial charge in [0.05, 0.1) is 6.54 Å². The molecule has 1 fully saturated rings. The Kier molecular flexibility index (Phi) is 5.28. The number of nitrogens with one attached hydrogen (secondary N) is 1. The fourth-order valence-corrected chi connectivity index (χ4v) is 4.34. The summed E-state index contributed by atoms with van der Waals surface area (Å²) in [5.74, 6) is 0.127. The molecular formula is C25H24FN3O2. The van der Waals surface area contributed by atoms with Crippen molar-refractivity contribution in [2.75, 3.05) is 24.5 Å². The Morgan fingerprint density at radius 2 is 1.81 bits per heavy atom. The summed E-state index contributed by atoms with van der Waals surface area (Å²) in [6.45, 7) is 2.46. The largest absolute Gasteiger partial charge is 0.487 e. The van der Waals surface area contributed by atoms with Crippen molar-refractivity contribution < 1.29 is 13.9 Å². The van der Waals surface area contributed by atoms with Crippen LogP contribution in [-0.4, -0.2) is 36.6 Å². The fourth-order valence-electron chi connectivity index (χ4n) is 4.34. The monoisotopic (exact) mass is 417 g/mol. The number of amides is 1. The summed E-state index contributed by atoms with van der Waals surface area (Å²) in [5.41, 5.74) is 4.09. The standard InChI is InChI=1S/C25H24FN3O2/c26-23-8-7-21(17-9-11-27-12-10-17)24-22(23)15-20(31-24)16-28-25(30)18-3-5-19(6-4-18)29-13-1-2-14-29/h3-12,20H,1-2,13-16H2,(H,28,30).